The van der Waals surface area contributed by atoms with Crippen LogP contribution in [0, 0.1) is 0 Å². The first kappa shape index (κ1) is 12.0. The van der Waals surface area contributed by atoms with Crippen molar-refractivity contribution in [2.75, 3.05) is 19.7 Å². The van der Waals surface area contributed by atoms with Gasteiger partial charge in [0.25, 0.3) is 0 Å². The molecule has 0 saturated heterocycles. The molecule has 3 nitrogen and oxygen atoms in total. The summed E-state index contributed by atoms with van der Waals surface area (Å²) in [5.41, 5.74) is 0.835. The second kappa shape index (κ2) is 4.90. The Balaban J connectivity index is 1.53. The van der Waals surface area contributed by atoms with E-state index >= 15 is 0 Å². The van der Waals surface area contributed by atoms with Crippen LogP contribution in [0.4, 0.5) is 0 Å². The molecule has 0 spiro atoms. The number of nitrogens with one attached hydrogen (secondary N) is 1. The summed E-state index contributed by atoms with van der Waals surface area (Å²) in [5, 5.41) is 13.7. The Kier molecular flexibility index (Phi) is 3.27. The minimum absolute atomic E-state index is 0.422. The van der Waals surface area contributed by atoms with Crippen LogP contribution < -0.4 is 10.1 Å². The summed E-state index contributed by atoms with van der Waals surface area (Å²) in [6.45, 7) is 2.36. The second-order valence-corrected chi connectivity index (χ2v) is 5.61. The van der Waals surface area contributed by atoms with Crippen molar-refractivity contribution in [2.24, 2.45) is 0 Å². The quantitative estimate of drug-likeness (QED) is 0.855. The number of fused-ring (bicyclic) bond motifs is 1. The molecule has 18 heavy (non-hydrogen) atoms. The first-order chi connectivity index (χ1) is 8.77. The first-order valence-corrected chi connectivity index (χ1v) is 6.92. The third kappa shape index (κ3) is 2.38. The SMILES string of the molecule is OC1(CNCC2COc3ccccc32)CCCC1. The van der Waals surface area contributed by atoms with Gasteiger partial charge >= 0.3 is 0 Å². The average Bonchev–Trinajstić information content (AvgIpc) is 2.97. The Morgan fingerprint density at radius 1 is 1.28 bits per heavy atom. The number of rotatable bonds is 4. The van der Waals surface area contributed by atoms with Gasteiger partial charge in [-0.3, -0.25) is 0 Å². The number of benzene rings is 1. The first-order valence-electron chi connectivity index (χ1n) is 6.92. The van der Waals surface area contributed by atoms with Gasteiger partial charge in [0.05, 0.1) is 12.2 Å². The van der Waals surface area contributed by atoms with E-state index in [-0.39, 0.29) is 0 Å². The van der Waals surface area contributed by atoms with Crippen LogP contribution in [0.1, 0.15) is 37.2 Å². The molecule has 1 heterocycles. The molecule has 0 bridgehead atoms. The van der Waals surface area contributed by atoms with Crippen molar-refractivity contribution >= 4 is 0 Å². The largest absolute Gasteiger partial charge is 0.493 e. The lowest BCUT2D eigenvalue weighted by atomic mass is 9.99. The van der Waals surface area contributed by atoms with Crippen LogP contribution in [0.5, 0.6) is 5.75 Å². The molecule has 0 radical (unpaired) electrons. The van der Waals surface area contributed by atoms with Gasteiger partial charge in [0.1, 0.15) is 5.75 Å². The van der Waals surface area contributed by atoms with Crippen LogP contribution in [0.2, 0.25) is 0 Å². The third-order valence-corrected chi connectivity index (χ3v) is 4.18. The molecular formula is C15H21NO2. The van der Waals surface area contributed by atoms with Gasteiger partial charge in [-0.2, -0.15) is 0 Å². The molecule has 0 aromatic heterocycles. The highest BCUT2D eigenvalue weighted by molar-refractivity contribution is 5.39. The third-order valence-electron chi connectivity index (χ3n) is 4.18. The topological polar surface area (TPSA) is 41.5 Å². The lowest BCUT2D eigenvalue weighted by Gasteiger charge is -2.23. The number of ether oxygens (including phenoxy) is 1. The average molecular weight is 247 g/mol. The van der Waals surface area contributed by atoms with E-state index in [1.54, 1.807) is 0 Å². The Labute approximate surface area is 108 Å². The lowest BCUT2D eigenvalue weighted by Crippen LogP contribution is -2.39. The van der Waals surface area contributed by atoms with Gasteiger partial charge in [-0.25, -0.2) is 0 Å². The minimum Gasteiger partial charge on any atom is -0.493 e. The van der Waals surface area contributed by atoms with Gasteiger partial charge in [-0.15, -0.1) is 0 Å². The molecule has 1 aliphatic heterocycles. The smallest absolute Gasteiger partial charge is 0.122 e. The Hall–Kier alpha value is -1.06. The Bertz CT molecular complexity index is 413. The highest BCUT2D eigenvalue weighted by Gasteiger charge is 2.31. The van der Waals surface area contributed by atoms with E-state index in [0.29, 0.717) is 12.5 Å². The second-order valence-electron chi connectivity index (χ2n) is 5.61. The maximum absolute atomic E-state index is 10.3. The fourth-order valence-electron chi connectivity index (χ4n) is 3.09. The molecule has 2 N–H and O–H groups in total. The zero-order chi connectivity index (χ0) is 12.4. The molecule has 1 aromatic carbocycles. The van der Waals surface area contributed by atoms with Crippen molar-refractivity contribution in [3.63, 3.8) is 0 Å². The maximum atomic E-state index is 10.3. The van der Waals surface area contributed by atoms with Gasteiger partial charge in [0, 0.05) is 24.6 Å². The summed E-state index contributed by atoms with van der Waals surface area (Å²) < 4.78 is 5.66. The standard InChI is InChI=1S/C15H21NO2/c17-15(7-3-4-8-15)11-16-9-12-10-18-14-6-2-1-5-13(12)14/h1-2,5-6,12,16-17H,3-4,7-11H2. The zero-order valence-electron chi connectivity index (χ0n) is 10.7. The van der Waals surface area contributed by atoms with E-state index in [0.717, 1.165) is 44.6 Å². The molecule has 3 heteroatoms. The normalized spacial score (nSPS) is 24.8. The molecule has 1 saturated carbocycles. The monoisotopic (exact) mass is 247 g/mol. The van der Waals surface area contributed by atoms with E-state index in [4.69, 9.17) is 4.74 Å². The van der Waals surface area contributed by atoms with E-state index in [1.165, 1.54) is 5.56 Å². The molecule has 1 aromatic rings. The van der Waals surface area contributed by atoms with Crippen LogP contribution in [-0.4, -0.2) is 30.4 Å². The summed E-state index contributed by atoms with van der Waals surface area (Å²) >= 11 is 0. The van der Waals surface area contributed by atoms with Gasteiger partial charge in [-0.05, 0) is 18.9 Å². The molecule has 1 fully saturated rings. The van der Waals surface area contributed by atoms with Gasteiger partial charge in [0.15, 0.2) is 0 Å². The Morgan fingerprint density at radius 2 is 2.06 bits per heavy atom. The van der Waals surface area contributed by atoms with Crippen molar-refractivity contribution in [1.82, 2.24) is 5.32 Å². The van der Waals surface area contributed by atoms with Crippen LogP contribution in [0.15, 0.2) is 24.3 Å². The number of para-hydroxylation sites is 1. The lowest BCUT2D eigenvalue weighted by molar-refractivity contribution is 0.0474. The molecule has 98 valence electrons. The van der Waals surface area contributed by atoms with Gasteiger partial charge in [0.2, 0.25) is 0 Å². The van der Waals surface area contributed by atoms with Crippen molar-refractivity contribution in [3.05, 3.63) is 29.8 Å². The van der Waals surface area contributed by atoms with Crippen molar-refractivity contribution in [2.45, 2.75) is 37.2 Å². The van der Waals surface area contributed by atoms with Gasteiger partial charge in [-0.1, -0.05) is 31.0 Å². The van der Waals surface area contributed by atoms with Crippen molar-refractivity contribution in [1.29, 1.82) is 0 Å². The summed E-state index contributed by atoms with van der Waals surface area (Å²) in [5.74, 6) is 1.44. The Morgan fingerprint density at radius 3 is 2.89 bits per heavy atom. The predicted molar refractivity (Wildman–Crippen MR) is 71.0 cm³/mol. The summed E-state index contributed by atoms with van der Waals surface area (Å²) in [6, 6.07) is 8.24. The molecule has 1 unspecified atom stereocenters. The van der Waals surface area contributed by atoms with Crippen molar-refractivity contribution in [3.8, 4) is 5.75 Å². The number of hydrogen-bond donors (Lipinski definition) is 2. The van der Waals surface area contributed by atoms with Gasteiger partial charge < -0.3 is 15.2 Å². The molecule has 1 aliphatic carbocycles. The highest BCUT2D eigenvalue weighted by Crippen LogP contribution is 2.33. The van der Waals surface area contributed by atoms with E-state index in [2.05, 4.69) is 17.4 Å². The molecule has 3 rings (SSSR count). The minimum atomic E-state index is -0.459. The predicted octanol–water partition coefficient (Wildman–Crippen LogP) is 2.06. The fourth-order valence-corrected chi connectivity index (χ4v) is 3.09. The van der Waals surface area contributed by atoms with Crippen LogP contribution in [-0.2, 0) is 0 Å². The molecule has 1 atom stereocenters. The fraction of sp³-hybridized carbons (Fsp3) is 0.600. The number of aliphatic hydroxyl groups is 1. The molecule has 2 aliphatic rings. The number of hydrogen-bond acceptors (Lipinski definition) is 3. The van der Waals surface area contributed by atoms with Crippen molar-refractivity contribution < 1.29 is 9.84 Å². The van der Waals surface area contributed by atoms with E-state index in [1.807, 2.05) is 12.1 Å². The molecular weight excluding hydrogens is 226 g/mol. The van der Waals surface area contributed by atoms with Crippen LogP contribution in [0.25, 0.3) is 0 Å². The molecule has 0 amide bonds. The van der Waals surface area contributed by atoms with E-state index in [9.17, 15) is 5.11 Å². The van der Waals surface area contributed by atoms with Crippen LogP contribution >= 0.6 is 0 Å². The zero-order valence-corrected chi connectivity index (χ0v) is 10.7. The summed E-state index contributed by atoms with van der Waals surface area (Å²) in [4.78, 5) is 0. The summed E-state index contributed by atoms with van der Waals surface area (Å²) in [6.07, 6.45) is 4.20. The van der Waals surface area contributed by atoms with Crippen LogP contribution in [0.3, 0.4) is 0 Å². The highest BCUT2D eigenvalue weighted by atomic mass is 16.5. The van der Waals surface area contributed by atoms with E-state index < -0.39 is 5.60 Å². The maximum Gasteiger partial charge on any atom is 0.122 e. The summed E-state index contributed by atoms with van der Waals surface area (Å²) in [7, 11) is 0.